The first-order chi connectivity index (χ1) is 7.09. The number of anilines is 1. The molecule has 0 saturated carbocycles. The molecule has 0 aliphatic carbocycles. The van der Waals surface area contributed by atoms with Crippen LogP contribution in [0.4, 0.5) is 10.2 Å². The monoisotopic (exact) mass is 269 g/mol. The summed E-state index contributed by atoms with van der Waals surface area (Å²) in [4.78, 5) is 0. The van der Waals surface area contributed by atoms with Crippen molar-refractivity contribution < 1.29 is 4.39 Å². The van der Waals surface area contributed by atoms with Crippen LogP contribution in [0.1, 0.15) is 0 Å². The molecule has 78 valence electrons. The molecule has 1 aromatic heterocycles. The summed E-state index contributed by atoms with van der Waals surface area (Å²) in [7, 11) is 1.77. The van der Waals surface area contributed by atoms with Crippen LogP contribution in [-0.4, -0.2) is 9.78 Å². The van der Waals surface area contributed by atoms with E-state index in [4.69, 9.17) is 5.73 Å². The van der Waals surface area contributed by atoms with Crippen molar-refractivity contribution in [2.24, 2.45) is 7.05 Å². The molecule has 0 amide bonds. The Morgan fingerprint density at radius 2 is 2.20 bits per heavy atom. The van der Waals surface area contributed by atoms with Crippen LogP contribution < -0.4 is 5.73 Å². The third-order valence-electron chi connectivity index (χ3n) is 2.11. The second-order valence-electron chi connectivity index (χ2n) is 3.18. The summed E-state index contributed by atoms with van der Waals surface area (Å²) in [5.41, 5.74) is 7.16. The lowest BCUT2D eigenvalue weighted by Crippen LogP contribution is -1.94. The molecule has 15 heavy (non-hydrogen) atoms. The van der Waals surface area contributed by atoms with Gasteiger partial charge in [0.05, 0.1) is 10.2 Å². The summed E-state index contributed by atoms with van der Waals surface area (Å²) >= 11 is 3.33. The number of aromatic nitrogens is 2. The summed E-state index contributed by atoms with van der Waals surface area (Å²) in [6, 6.07) is 6.31. The second-order valence-corrected chi connectivity index (χ2v) is 3.97. The van der Waals surface area contributed by atoms with Crippen LogP contribution in [0.25, 0.3) is 11.3 Å². The fourth-order valence-corrected chi connectivity index (χ4v) is 2.03. The van der Waals surface area contributed by atoms with Crippen molar-refractivity contribution in [1.29, 1.82) is 0 Å². The fraction of sp³-hybridized carbons (Fsp3) is 0.100. The van der Waals surface area contributed by atoms with Gasteiger partial charge in [-0.1, -0.05) is 12.1 Å². The van der Waals surface area contributed by atoms with Crippen LogP contribution in [-0.2, 0) is 7.05 Å². The molecule has 2 N–H and O–H groups in total. The van der Waals surface area contributed by atoms with Gasteiger partial charge in [0.25, 0.3) is 0 Å². The van der Waals surface area contributed by atoms with Crippen LogP contribution >= 0.6 is 15.9 Å². The van der Waals surface area contributed by atoms with E-state index in [1.807, 2.05) is 6.07 Å². The van der Waals surface area contributed by atoms with Gasteiger partial charge >= 0.3 is 0 Å². The van der Waals surface area contributed by atoms with E-state index in [9.17, 15) is 4.39 Å². The van der Waals surface area contributed by atoms with Gasteiger partial charge in [0.2, 0.25) is 0 Å². The summed E-state index contributed by atoms with van der Waals surface area (Å²) in [6.45, 7) is 0. The molecule has 0 unspecified atom stereocenters. The zero-order valence-electron chi connectivity index (χ0n) is 8.04. The smallest absolute Gasteiger partial charge is 0.160 e. The lowest BCUT2D eigenvalue weighted by molar-refractivity contribution is 0.628. The number of aryl methyl sites for hydroxylation is 1. The van der Waals surface area contributed by atoms with Crippen molar-refractivity contribution in [2.45, 2.75) is 0 Å². The minimum Gasteiger partial charge on any atom is -0.381 e. The average Bonchev–Trinajstić information content (AvgIpc) is 2.41. The molecule has 2 rings (SSSR count). The van der Waals surface area contributed by atoms with E-state index >= 15 is 0 Å². The molecule has 0 aliphatic rings. The first-order valence-corrected chi connectivity index (χ1v) is 5.13. The van der Waals surface area contributed by atoms with E-state index in [1.165, 1.54) is 12.1 Å². The molecule has 0 aliphatic heterocycles. The molecule has 3 nitrogen and oxygen atoms in total. The molecular weight excluding hydrogens is 261 g/mol. The highest BCUT2D eigenvalue weighted by Crippen LogP contribution is 2.32. The number of hydrogen-bond donors (Lipinski definition) is 1. The minimum absolute atomic E-state index is 0.279. The van der Waals surface area contributed by atoms with E-state index in [0.29, 0.717) is 10.3 Å². The number of benzene rings is 1. The van der Waals surface area contributed by atoms with Gasteiger partial charge < -0.3 is 5.73 Å². The molecule has 0 bridgehead atoms. The normalized spacial score (nSPS) is 10.6. The Morgan fingerprint density at radius 3 is 2.73 bits per heavy atom. The Morgan fingerprint density at radius 1 is 1.47 bits per heavy atom. The van der Waals surface area contributed by atoms with Crippen molar-refractivity contribution in [1.82, 2.24) is 9.78 Å². The van der Waals surface area contributed by atoms with Gasteiger partial charge in [-0.15, -0.1) is 0 Å². The maximum absolute atomic E-state index is 13.0. The molecule has 0 spiro atoms. The van der Waals surface area contributed by atoms with Crippen LogP contribution in [0.3, 0.4) is 0 Å². The molecule has 1 heterocycles. The maximum atomic E-state index is 13.0. The quantitative estimate of drug-likeness (QED) is 0.865. The Kier molecular flexibility index (Phi) is 2.48. The Bertz CT molecular complexity index is 507. The lowest BCUT2D eigenvalue weighted by Gasteiger charge is -2.02. The summed E-state index contributed by atoms with van der Waals surface area (Å²) in [5, 5.41) is 4.04. The Balaban J connectivity index is 2.63. The van der Waals surface area contributed by atoms with Gasteiger partial charge in [-0.3, -0.25) is 4.68 Å². The summed E-state index contributed by atoms with van der Waals surface area (Å²) in [5.74, 6) is 0.121. The molecule has 2 aromatic rings. The van der Waals surface area contributed by atoms with E-state index in [-0.39, 0.29) is 5.82 Å². The minimum atomic E-state index is -0.279. The predicted molar refractivity (Wildman–Crippen MR) is 60.7 cm³/mol. The van der Waals surface area contributed by atoms with Crippen molar-refractivity contribution in [3.63, 3.8) is 0 Å². The standard InChI is InChI=1S/C10H9BrFN3/c1-15-9(8(11)10(13)14-15)6-3-2-4-7(12)5-6/h2-5H,1H3,(H2,13,14). The van der Waals surface area contributed by atoms with Crippen LogP contribution in [0.2, 0.25) is 0 Å². The van der Waals surface area contributed by atoms with E-state index in [1.54, 1.807) is 17.8 Å². The average molecular weight is 270 g/mol. The van der Waals surface area contributed by atoms with Crippen molar-refractivity contribution in [3.05, 3.63) is 34.6 Å². The van der Waals surface area contributed by atoms with Gasteiger partial charge in [0, 0.05) is 12.6 Å². The third-order valence-corrected chi connectivity index (χ3v) is 2.89. The second kappa shape index (κ2) is 3.66. The first-order valence-electron chi connectivity index (χ1n) is 4.33. The van der Waals surface area contributed by atoms with E-state index in [2.05, 4.69) is 21.0 Å². The molecule has 0 saturated heterocycles. The highest BCUT2D eigenvalue weighted by molar-refractivity contribution is 9.10. The number of halogens is 2. The summed E-state index contributed by atoms with van der Waals surface area (Å²) < 4.78 is 15.4. The van der Waals surface area contributed by atoms with Crippen molar-refractivity contribution >= 4 is 21.7 Å². The molecular formula is C10H9BrFN3. The molecule has 0 radical (unpaired) electrons. The predicted octanol–water partition coefficient (Wildman–Crippen LogP) is 2.57. The Labute approximate surface area is 94.8 Å². The van der Waals surface area contributed by atoms with Gasteiger partial charge in [0.1, 0.15) is 5.82 Å². The van der Waals surface area contributed by atoms with E-state index in [0.717, 1.165) is 11.3 Å². The number of nitrogens with two attached hydrogens (primary N) is 1. The molecule has 0 fully saturated rings. The van der Waals surface area contributed by atoms with Crippen LogP contribution in [0.15, 0.2) is 28.7 Å². The largest absolute Gasteiger partial charge is 0.381 e. The van der Waals surface area contributed by atoms with Gasteiger partial charge in [-0.25, -0.2) is 4.39 Å². The number of nitrogens with zero attached hydrogens (tertiary/aromatic N) is 2. The van der Waals surface area contributed by atoms with Crippen LogP contribution in [0.5, 0.6) is 0 Å². The van der Waals surface area contributed by atoms with Crippen molar-refractivity contribution in [2.75, 3.05) is 5.73 Å². The van der Waals surface area contributed by atoms with Gasteiger partial charge in [-0.2, -0.15) is 5.10 Å². The molecule has 0 atom stereocenters. The zero-order valence-corrected chi connectivity index (χ0v) is 9.62. The fourth-order valence-electron chi connectivity index (χ4n) is 1.47. The van der Waals surface area contributed by atoms with Crippen LogP contribution in [0, 0.1) is 5.82 Å². The zero-order chi connectivity index (χ0) is 11.0. The first kappa shape index (κ1) is 10.2. The lowest BCUT2D eigenvalue weighted by atomic mass is 10.1. The Hall–Kier alpha value is -1.36. The van der Waals surface area contributed by atoms with E-state index < -0.39 is 0 Å². The number of rotatable bonds is 1. The summed E-state index contributed by atoms with van der Waals surface area (Å²) in [6.07, 6.45) is 0. The SMILES string of the molecule is Cn1nc(N)c(Br)c1-c1cccc(F)c1. The topological polar surface area (TPSA) is 43.8 Å². The molecule has 1 aromatic carbocycles. The highest BCUT2D eigenvalue weighted by atomic mass is 79.9. The van der Waals surface area contributed by atoms with Gasteiger partial charge in [0.15, 0.2) is 5.82 Å². The highest BCUT2D eigenvalue weighted by Gasteiger charge is 2.13. The van der Waals surface area contributed by atoms with Crippen molar-refractivity contribution in [3.8, 4) is 11.3 Å². The molecule has 5 heteroatoms. The maximum Gasteiger partial charge on any atom is 0.160 e. The third kappa shape index (κ3) is 1.74. The number of hydrogen-bond acceptors (Lipinski definition) is 2. The number of nitrogen functional groups attached to an aromatic ring is 1. The van der Waals surface area contributed by atoms with Gasteiger partial charge in [-0.05, 0) is 28.1 Å².